The van der Waals surface area contributed by atoms with E-state index in [0.717, 1.165) is 21.7 Å². The summed E-state index contributed by atoms with van der Waals surface area (Å²) in [7, 11) is 0. The molecular weight excluding hydrogens is 469 g/mol. The van der Waals surface area contributed by atoms with Gasteiger partial charge < -0.3 is 0 Å². The first-order valence-corrected chi connectivity index (χ1v) is 9.74. The van der Waals surface area contributed by atoms with Crippen LogP contribution < -0.4 is 0 Å². The number of amides is 1. The summed E-state index contributed by atoms with van der Waals surface area (Å²) in [5.41, 5.74) is 3.57. The third-order valence-corrected chi connectivity index (χ3v) is 4.63. The molecule has 0 spiro atoms. The molecule has 3 rings (SSSR count). The van der Waals surface area contributed by atoms with Gasteiger partial charge in [0, 0.05) is 11.1 Å². The molecule has 2 aromatic carbocycles. The van der Waals surface area contributed by atoms with Crippen LogP contribution in [0.4, 0.5) is 5.69 Å². The standard InChI is InChI=1S/C21H16IN3OS/c22-20(13-21(26)24-14-17-8-4-5-11-23-17)25-18-10-9-16(12-19(18)27)15-6-2-1-3-7-15/h1-12,14,27H,13H2/b24-14+,25-20-. The Hall–Kier alpha value is -2.32. The van der Waals surface area contributed by atoms with Crippen molar-refractivity contribution >= 4 is 56.7 Å². The average Bonchev–Trinajstić information content (AvgIpc) is 2.69. The van der Waals surface area contributed by atoms with Crippen molar-refractivity contribution in [1.29, 1.82) is 0 Å². The lowest BCUT2D eigenvalue weighted by atomic mass is 10.1. The van der Waals surface area contributed by atoms with Gasteiger partial charge in [-0.05, 0) is 58.0 Å². The number of aliphatic imine (C=N–C) groups is 2. The highest BCUT2D eigenvalue weighted by Gasteiger charge is 2.06. The largest absolute Gasteiger partial charge is 0.272 e. The highest BCUT2D eigenvalue weighted by Crippen LogP contribution is 2.30. The third-order valence-electron chi connectivity index (χ3n) is 3.65. The van der Waals surface area contributed by atoms with Gasteiger partial charge in [-0.25, -0.2) is 9.98 Å². The molecule has 134 valence electrons. The van der Waals surface area contributed by atoms with Gasteiger partial charge in [0.05, 0.1) is 27.7 Å². The fourth-order valence-corrected chi connectivity index (χ4v) is 3.21. The van der Waals surface area contributed by atoms with Crippen LogP contribution >= 0.6 is 35.2 Å². The average molecular weight is 485 g/mol. The first-order valence-electron chi connectivity index (χ1n) is 8.21. The Balaban J connectivity index is 1.68. The maximum Gasteiger partial charge on any atom is 0.252 e. The second-order valence-electron chi connectivity index (χ2n) is 5.64. The van der Waals surface area contributed by atoms with E-state index in [1.54, 1.807) is 12.3 Å². The highest BCUT2D eigenvalue weighted by atomic mass is 127. The number of hydrogen-bond donors (Lipinski definition) is 1. The van der Waals surface area contributed by atoms with Crippen LogP contribution in [-0.4, -0.2) is 20.8 Å². The fourth-order valence-electron chi connectivity index (χ4n) is 2.36. The lowest BCUT2D eigenvalue weighted by molar-refractivity contribution is -0.116. The number of nitrogens with zero attached hydrogens (tertiary/aromatic N) is 3. The normalized spacial score (nSPS) is 11.7. The van der Waals surface area contributed by atoms with Gasteiger partial charge in [-0.15, -0.1) is 12.6 Å². The Morgan fingerprint density at radius 2 is 1.81 bits per heavy atom. The zero-order chi connectivity index (χ0) is 19.1. The Labute approximate surface area is 177 Å². The lowest BCUT2D eigenvalue weighted by Gasteiger charge is -2.05. The molecule has 4 nitrogen and oxygen atoms in total. The quantitative estimate of drug-likeness (QED) is 0.293. The number of carbonyl (C=O) groups excluding carboxylic acids is 1. The predicted molar refractivity (Wildman–Crippen MR) is 122 cm³/mol. The molecule has 0 saturated carbocycles. The SMILES string of the molecule is O=C(C/C(I)=N/c1ccc(-c2ccccc2)cc1S)/N=C/c1ccccn1. The van der Waals surface area contributed by atoms with Crippen molar-refractivity contribution in [2.45, 2.75) is 11.3 Å². The minimum atomic E-state index is -0.268. The van der Waals surface area contributed by atoms with Gasteiger partial charge in [-0.1, -0.05) is 42.5 Å². The maximum absolute atomic E-state index is 12.0. The minimum absolute atomic E-state index is 0.136. The molecule has 0 radical (unpaired) electrons. The lowest BCUT2D eigenvalue weighted by Crippen LogP contribution is -2.00. The summed E-state index contributed by atoms with van der Waals surface area (Å²) in [5, 5.41) is 0. The minimum Gasteiger partial charge on any atom is -0.272 e. The first kappa shape index (κ1) is 19.4. The van der Waals surface area contributed by atoms with Crippen LogP contribution in [0.25, 0.3) is 11.1 Å². The van der Waals surface area contributed by atoms with E-state index in [2.05, 4.69) is 50.2 Å². The van der Waals surface area contributed by atoms with Crippen LogP contribution in [0.5, 0.6) is 0 Å². The molecular formula is C21H16IN3OS. The van der Waals surface area contributed by atoms with Gasteiger partial charge in [0.15, 0.2) is 0 Å². The van der Waals surface area contributed by atoms with E-state index in [9.17, 15) is 4.79 Å². The van der Waals surface area contributed by atoms with E-state index in [0.29, 0.717) is 9.41 Å². The van der Waals surface area contributed by atoms with Gasteiger partial charge in [0.25, 0.3) is 5.91 Å². The second kappa shape index (κ2) is 9.57. The molecule has 1 aromatic heterocycles. The summed E-state index contributed by atoms with van der Waals surface area (Å²) >= 11 is 6.60. The molecule has 27 heavy (non-hydrogen) atoms. The molecule has 0 aliphatic carbocycles. The smallest absolute Gasteiger partial charge is 0.252 e. The predicted octanol–water partition coefficient (Wildman–Crippen LogP) is 5.54. The van der Waals surface area contributed by atoms with Crippen LogP contribution in [0.1, 0.15) is 12.1 Å². The Morgan fingerprint density at radius 1 is 1.04 bits per heavy atom. The van der Waals surface area contributed by atoms with E-state index in [4.69, 9.17) is 0 Å². The third kappa shape index (κ3) is 5.83. The summed E-state index contributed by atoms with van der Waals surface area (Å²) in [6.07, 6.45) is 3.26. The van der Waals surface area contributed by atoms with Crippen LogP contribution in [0, 0.1) is 0 Å². The molecule has 0 atom stereocenters. The number of hydrogen-bond acceptors (Lipinski definition) is 4. The van der Waals surface area contributed by atoms with E-state index in [1.165, 1.54) is 6.21 Å². The number of thiol groups is 1. The number of pyridine rings is 1. The van der Waals surface area contributed by atoms with Crippen molar-refractivity contribution < 1.29 is 4.79 Å². The molecule has 0 aliphatic heterocycles. The summed E-state index contributed by atoms with van der Waals surface area (Å²) in [6, 6.07) is 21.4. The molecule has 0 bridgehead atoms. The van der Waals surface area contributed by atoms with Gasteiger partial charge >= 0.3 is 0 Å². The van der Waals surface area contributed by atoms with Crippen molar-refractivity contribution in [1.82, 2.24) is 4.98 Å². The number of benzene rings is 2. The summed E-state index contributed by atoms with van der Waals surface area (Å²) < 4.78 is 0.651. The zero-order valence-electron chi connectivity index (χ0n) is 14.3. The number of halogens is 1. The molecule has 0 N–H and O–H groups in total. The van der Waals surface area contributed by atoms with Crippen LogP contribution in [0.2, 0.25) is 0 Å². The molecule has 3 aromatic rings. The number of aromatic nitrogens is 1. The first-order chi connectivity index (χ1) is 13.1. The van der Waals surface area contributed by atoms with E-state index in [1.807, 2.05) is 60.7 Å². The zero-order valence-corrected chi connectivity index (χ0v) is 17.3. The molecule has 1 heterocycles. The Kier molecular flexibility index (Phi) is 6.89. The fraction of sp³-hybridized carbons (Fsp3) is 0.0476. The summed E-state index contributed by atoms with van der Waals surface area (Å²) in [6.45, 7) is 0. The Morgan fingerprint density at radius 3 is 2.52 bits per heavy atom. The van der Waals surface area contributed by atoms with E-state index >= 15 is 0 Å². The number of carbonyl (C=O) groups is 1. The van der Waals surface area contributed by atoms with Crippen molar-refractivity contribution in [3.05, 3.63) is 78.6 Å². The van der Waals surface area contributed by atoms with Crippen molar-refractivity contribution in [2.75, 3.05) is 0 Å². The van der Waals surface area contributed by atoms with E-state index < -0.39 is 0 Å². The maximum atomic E-state index is 12.0. The van der Waals surface area contributed by atoms with Gasteiger partial charge in [-0.3, -0.25) is 9.78 Å². The van der Waals surface area contributed by atoms with Crippen molar-refractivity contribution in [2.24, 2.45) is 9.98 Å². The molecule has 1 amide bonds. The number of rotatable bonds is 5. The van der Waals surface area contributed by atoms with Gasteiger partial charge in [0.2, 0.25) is 0 Å². The van der Waals surface area contributed by atoms with Gasteiger partial charge in [0.1, 0.15) is 0 Å². The Bertz CT molecular complexity index is 989. The van der Waals surface area contributed by atoms with Crippen LogP contribution in [0.3, 0.4) is 0 Å². The molecule has 6 heteroatoms. The van der Waals surface area contributed by atoms with Crippen LogP contribution in [-0.2, 0) is 4.79 Å². The highest BCUT2D eigenvalue weighted by molar-refractivity contribution is 14.1. The molecule has 0 saturated heterocycles. The van der Waals surface area contributed by atoms with Gasteiger partial charge in [-0.2, -0.15) is 0 Å². The van der Waals surface area contributed by atoms with Crippen molar-refractivity contribution in [3.63, 3.8) is 0 Å². The van der Waals surface area contributed by atoms with Crippen molar-refractivity contribution in [3.8, 4) is 11.1 Å². The topological polar surface area (TPSA) is 54.7 Å². The summed E-state index contributed by atoms with van der Waals surface area (Å²) in [5.74, 6) is -0.268. The summed E-state index contributed by atoms with van der Waals surface area (Å²) in [4.78, 5) is 25.3. The second-order valence-corrected chi connectivity index (χ2v) is 7.37. The monoisotopic (exact) mass is 485 g/mol. The molecule has 0 unspecified atom stereocenters. The molecule has 0 aliphatic rings. The molecule has 0 fully saturated rings. The van der Waals surface area contributed by atoms with E-state index in [-0.39, 0.29) is 12.3 Å². The van der Waals surface area contributed by atoms with Crippen LogP contribution in [0.15, 0.2) is 87.8 Å².